The highest BCUT2D eigenvalue weighted by Crippen LogP contribution is 2.22. The Morgan fingerprint density at radius 2 is 1.72 bits per heavy atom. The van der Waals surface area contributed by atoms with Crippen molar-refractivity contribution in [2.24, 2.45) is 5.10 Å². The molecule has 0 saturated heterocycles. The first-order chi connectivity index (χ1) is 15.5. The van der Waals surface area contributed by atoms with Gasteiger partial charge in [-0.15, -0.1) is 0 Å². The van der Waals surface area contributed by atoms with E-state index in [9.17, 15) is 15.0 Å². The largest absolute Gasteiger partial charge is 0.508 e. The summed E-state index contributed by atoms with van der Waals surface area (Å²) >= 11 is 5.97. The number of amides is 1. The van der Waals surface area contributed by atoms with E-state index in [2.05, 4.69) is 10.5 Å². The van der Waals surface area contributed by atoms with E-state index in [1.165, 1.54) is 18.3 Å². The van der Waals surface area contributed by atoms with E-state index in [1.54, 1.807) is 4.68 Å². The van der Waals surface area contributed by atoms with Gasteiger partial charge in [-0.2, -0.15) is 10.2 Å². The summed E-state index contributed by atoms with van der Waals surface area (Å²) in [5, 5.41) is 28.5. The number of carbonyl (C=O) groups excluding carboxylic acids is 1. The van der Waals surface area contributed by atoms with Crippen LogP contribution < -0.4 is 5.43 Å². The van der Waals surface area contributed by atoms with Crippen LogP contribution in [-0.2, 0) is 6.54 Å². The Morgan fingerprint density at radius 3 is 2.41 bits per heavy atom. The summed E-state index contributed by atoms with van der Waals surface area (Å²) in [7, 11) is 0. The highest BCUT2D eigenvalue weighted by Gasteiger charge is 2.11. The highest BCUT2D eigenvalue weighted by molar-refractivity contribution is 6.30. The smallest absolute Gasteiger partial charge is 0.271 e. The van der Waals surface area contributed by atoms with E-state index in [-0.39, 0.29) is 17.1 Å². The van der Waals surface area contributed by atoms with Crippen molar-refractivity contribution in [2.45, 2.75) is 6.54 Å². The topological polar surface area (TPSA) is 99.7 Å². The quantitative estimate of drug-likeness (QED) is 0.301. The Labute approximate surface area is 189 Å². The van der Waals surface area contributed by atoms with E-state index in [1.807, 2.05) is 60.8 Å². The number of phenols is 2. The van der Waals surface area contributed by atoms with Gasteiger partial charge in [-0.3, -0.25) is 9.48 Å². The Balaban J connectivity index is 1.57. The van der Waals surface area contributed by atoms with Crippen LogP contribution in [-0.4, -0.2) is 32.1 Å². The van der Waals surface area contributed by atoms with Gasteiger partial charge in [0.05, 0.1) is 12.8 Å². The highest BCUT2D eigenvalue weighted by atomic mass is 35.5. The van der Waals surface area contributed by atoms with E-state index in [4.69, 9.17) is 16.7 Å². The number of carbonyl (C=O) groups is 1. The summed E-state index contributed by atoms with van der Waals surface area (Å²) in [5.74, 6) is -0.995. The normalized spacial score (nSPS) is 11.0. The van der Waals surface area contributed by atoms with Crippen LogP contribution >= 0.6 is 11.6 Å². The summed E-state index contributed by atoms with van der Waals surface area (Å²) in [4.78, 5) is 12.3. The molecule has 1 amide bonds. The minimum Gasteiger partial charge on any atom is -0.508 e. The lowest BCUT2D eigenvalue weighted by Crippen LogP contribution is -2.17. The van der Waals surface area contributed by atoms with Gasteiger partial charge < -0.3 is 10.2 Å². The molecular formula is C24H19ClN4O3. The third-order valence-corrected chi connectivity index (χ3v) is 4.88. The number of hydrogen-bond acceptors (Lipinski definition) is 5. The van der Waals surface area contributed by atoms with Crippen molar-refractivity contribution in [1.29, 1.82) is 0 Å². The summed E-state index contributed by atoms with van der Waals surface area (Å²) in [6.45, 7) is 0.541. The molecule has 0 atom stereocenters. The van der Waals surface area contributed by atoms with Crippen molar-refractivity contribution in [3.05, 3.63) is 101 Å². The fourth-order valence-corrected chi connectivity index (χ4v) is 3.29. The van der Waals surface area contributed by atoms with Gasteiger partial charge in [-0.1, -0.05) is 54.1 Å². The van der Waals surface area contributed by atoms with Crippen molar-refractivity contribution in [1.82, 2.24) is 15.2 Å². The van der Waals surface area contributed by atoms with Crippen molar-refractivity contribution >= 4 is 23.7 Å². The molecule has 0 bridgehead atoms. The standard InChI is InChI=1S/C24H19ClN4O3/c25-20-8-6-16(7-9-20)14-29-15-19(23(28-29)17-4-2-1-3-5-17)13-26-27-24(32)18-10-21(30)12-22(31)11-18/h1-13,15,30-31H,14H2,(H,27,32)/b26-13-. The molecule has 4 aromatic rings. The first-order valence-electron chi connectivity index (χ1n) is 9.72. The van der Waals surface area contributed by atoms with Crippen LogP contribution in [0, 0.1) is 0 Å². The molecule has 8 heteroatoms. The maximum atomic E-state index is 12.3. The predicted octanol–water partition coefficient (Wildman–Crippen LogP) is 4.43. The second kappa shape index (κ2) is 9.36. The van der Waals surface area contributed by atoms with Gasteiger partial charge in [0.25, 0.3) is 5.91 Å². The van der Waals surface area contributed by atoms with Crippen LogP contribution in [0.2, 0.25) is 5.02 Å². The van der Waals surface area contributed by atoms with Crippen molar-refractivity contribution in [3.63, 3.8) is 0 Å². The molecule has 32 heavy (non-hydrogen) atoms. The van der Waals surface area contributed by atoms with Crippen LogP contribution in [0.3, 0.4) is 0 Å². The summed E-state index contributed by atoms with van der Waals surface area (Å²) in [6, 6.07) is 20.8. The predicted molar refractivity (Wildman–Crippen MR) is 123 cm³/mol. The molecule has 0 spiro atoms. The van der Waals surface area contributed by atoms with Crippen LogP contribution in [0.15, 0.2) is 84.1 Å². The number of rotatable bonds is 6. The van der Waals surface area contributed by atoms with Crippen LogP contribution in [0.4, 0.5) is 0 Å². The summed E-state index contributed by atoms with van der Waals surface area (Å²) in [6.07, 6.45) is 3.35. The van der Waals surface area contributed by atoms with E-state index in [0.717, 1.165) is 17.2 Å². The molecule has 0 fully saturated rings. The third kappa shape index (κ3) is 5.14. The minimum absolute atomic E-state index is 0.0846. The van der Waals surface area contributed by atoms with Crippen LogP contribution in [0.1, 0.15) is 21.5 Å². The molecule has 1 aromatic heterocycles. The van der Waals surface area contributed by atoms with Gasteiger partial charge in [0, 0.05) is 34.0 Å². The maximum Gasteiger partial charge on any atom is 0.271 e. The molecule has 4 rings (SSSR count). The Hall–Kier alpha value is -4.10. The average Bonchev–Trinajstić information content (AvgIpc) is 3.17. The number of nitrogens with zero attached hydrogens (tertiary/aromatic N) is 3. The van der Waals surface area contributed by atoms with E-state index >= 15 is 0 Å². The lowest BCUT2D eigenvalue weighted by atomic mass is 10.1. The molecule has 1 heterocycles. The van der Waals surface area contributed by atoms with Crippen molar-refractivity contribution in [2.75, 3.05) is 0 Å². The van der Waals surface area contributed by atoms with Gasteiger partial charge >= 0.3 is 0 Å². The van der Waals surface area contributed by atoms with Crippen LogP contribution in [0.5, 0.6) is 11.5 Å². The second-order valence-corrected chi connectivity index (χ2v) is 7.50. The lowest BCUT2D eigenvalue weighted by molar-refractivity contribution is 0.0954. The lowest BCUT2D eigenvalue weighted by Gasteiger charge is -2.02. The molecule has 160 valence electrons. The summed E-state index contributed by atoms with van der Waals surface area (Å²) < 4.78 is 1.79. The van der Waals surface area contributed by atoms with Gasteiger partial charge in [-0.05, 0) is 29.8 Å². The van der Waals surface area contributed by atoms with Gasteiger partial charge in [0.15, 0.2) is 0 Å². The number of halogens is 1. The molecule has 0 unspecified atom stereocenters. The van der Waals surface area contributed by atoms with Crippen molar-refractivity contribution < 1.29 is 15.0 Å². The first kappa shape index (κ1) is 21.1. The Morgan fingerprint density at radius 1 is 1.03 bits per heavy atom. The number of aromatic hydroxyl groups is 2. The molecule has 3 N–H and O–H groups in total. The number of aromatic nitrogens is 2. The molecular weight excluding hydrogens is 428 g/mol. The Bertz CT molecular complexity index is 1250. The molecule has 7 nitrogen and oxygen atoms in total. The van der Waals surface area contributed by atoms with Crippen molar-refractivity contribution in [3.8, 4) is 22.8 Å². The van der Waals surface area contributed by atoms with Crippen LogP contribution in [0.25, 0.3) is 11.3 Å². The molecule has 0 aliphatic carbocycles. The molecule has 0 aliphatic heterocycles. The zero-order valence-corrected chi connectivity index (χ0v) is 17.6. The zero-order chi connectivity index (χ0) is 22.5. The Kier molecular flexibility index (Phi) is 6.19. The van der Waals surface area contributed by atoms with E-state index in [0.29, 0.717) is 22.8 Å². The molecule has 0 radical (unpaired) electrons. The summed E-state index contributed by atoms with van der Waals surface area (Å²) in [5.41, 5.74) is 5.86. The SMILES string of the molecule is O=C(N/N=C\c1cn(Cc2ccc(Cl)cc2)nc1-c1ccccc1)c1cc(O)cc(O)c1. The van der Waals surface area contributed by atoms with Gasteiger partial charge in [0.2, 0.25) is 0 Å². The number of hydrazone groups is 1. The third-order valence-electron chi connectivity index (χ3n) is 4.63. The minimum atomic E-state index is -0.567. The molecule has 3 aromatic carbocycles. The molecule has 0 saturated carbocycles. The zero-order valence-electron chi connectivity index (χ0n) is 16.8. The second-order valence-electron chi connectivity index (χ2n) is 7.06. The number of benzene rings is 3. The monoisotopic (exact) mass is 446 g/mol. The molecule has 0 aliphatic rings. The maximum absolute atomic E-state index is 12.3. The van der Waals surface area contributed by atoms with Gasteiger partial charge in [-0.25, -0.2) is 5.43 Å². The average molecular weight is 447 g/mol. The number of hydrogen-bond donors (Lipinski definition) is 3. The number of phenolic OH excluding ortho intramolecular Hbond substituents is 2. The number of nitrogens with one attached hydrogen (secondary N) is 1. The fourth-order valence-electron chi connectivity index (χ4n) is 3.16. The fraction of sp³-hybridized carbons (Fsp3) is 0.0417. The first-order valence-corrected chi connectivity index (χ1v) is 10.1. The van der Waals surface area contributed by atoms with Gasteiger partial charge in [0.1, 0.15) is 17.2 Å². The van der Waals surface area contributed by atoms with E-state index < -0.39 is 5.91 Å².